The van der Waals surface area contributed by atoms with Crippen molar-refractivity contribution >= 4 is 11.6 Å². The third kappa shape index (κ3) is 6.44. The van der Waals surface area contributed by atoms with Crippen molar-refractivity contribution in [3.8, 4) is 5.75 Å². The Morgan fingerprint density at radius 2 is 1.93 bits per heavy atom. The van der Waals surface area contributed by atoms with E-state index in [1.165, 1.54) is 12.8 Å². The molecule has 0 amide bonds. The molecule has 3 rings (SSSR count). The Balaban J connectivity index is 1.57. The van der Waals surface area contributed by atoms with Crippen LogP contribution in [-0.4, -0.2) is 48.0 Å². The first-order chi connectivity index (χ1) is 14.5. The van der Waals surface area contributed by atoms with Crippen LogP contribution in [-0.2, 0) is 9.47 Å². The molecule has 2 aliphatic rings. The monoisotopic (exact) mass is 438 g/mol. The molecule has 0 radical (unpaired) electrons. The fraction of sp³-hybridized carbons (Fsp3) is 0.667. The summed E-state index contributed by atoms with van der Waals surface area (Å²) in [6.45, 7) is 3.50. The van der Waals surface area contributed by atoms with E-state index in [4.69, 9.17) is 25.8 Å². The van der Waals surface area contributed by atoms with Gasteiger partial charge in [-0.1, -0.05) is 49.6 Å². The molecule has 1 aromatic rings. The van der Waals surface area contributed by atoms with Crippen LogP contribution in [0, 0.1) is 11.8 Å². The highest BCUT2D eigenvalue weighted by Crippen LogP contribution is 2.40. The fourth-order valence-electron chi connectivity index (χ4n) is 4.53. The molecule has 4 atom stereocenters. The van der Waals surface area contributed by atoms with Gasteiger partial charge in [0.1, 0.15) is 12.4 Å². The third-order valence-electron chi connectivity index (χ3n) is 6.25. The molecular formula is C24H35ClO5. The number of hydrogen-bond acceptors (Lipinski definition) is 5. The number of halogens is 1. The molecule has 0 bridgehead atoms. The molecule has 0 spiro atoms. The topological polar surface area (TPSA) is 68.2 Å². The lowest BCUT2D eigenvalue weighted by atomic mass is 9.85. The SMILES string of the molecule is CCCC/C=C/CC1C(O)CC(O)C1CCC1(COc2cccc(Cl)c2)OCCO1. The van der Waals surface area contributed by atoms with E-state index in [0.717, 1.165) is 12.8 Å². The van der Waals surface area contributed by atoms with Gasteiger partial charge in [0.05, 0.1) is 25.4 Å². The largest absolute Gasteiger partial charge is 0.488 e. The summed E-state index contributed by atoms with van der Waals surface area (Å²) in [5.74, 6) is -0.0684. The number of aliphatic hydroxyl groups excluding tert-OH is 2. The van der Waals surface area contributed by atoms with E-state index < -0.39 is 18.0 Å². The number of hydrogen-bond donors (Lipinski definition) is 2. The molecule has 6 heteroatoms. The van der Waals surface area contributed by atoms with Crippen molar-refractivity contribution in [2.75, 3.05) is 19.8 Å². The van der Waals surface area contributed by atoms with Crippen LogP contribution in [0.1, 0.15) is 51.9 Å². The maximum absolute atomic E-state index is 10.6. The summed E-state index contributed by atoms with van der Waals surface area (Å²) in [4.78, 5) is 0. The maximum atomic E-state index is 10.6. The van der Waals surface area contributed by atoms with Gasteiger partial charge in [0.25, 0.3) is 0 Å². The fourth-order valence-corrected chi connectivity index (χ4v) is 4.71. The van der Waals surface area contributed by atoms with E-state index in [9.17, 15) is 10.2 Å². The molecular weight excluding hydrogens is 404 g/mol. The highest BCUT2D eigenvalue weighted by atomic mass is 35.5. The molecule has 2 fully saturated rings. The molecule has 1 saturated carbocycles. The van der Waals surface area contributed by atoms with Gasteiger partial charge in [0.15, 0.2) is 0 Å². The second kappa shape index (κ2) is 11.5. The van der Waals surface area contributed by atoms with Crippen molar-refractivity contribution in [1.29, 1.82) is 0 Å². The quantitative estimate of drug-likeness (QED) is 0.386. The molecule has 5 nitrogen and oxygen atoms in total. The summed E-state index contributed by atoms with van der Waals surface area (Å²) in [7, 11) is 0. The summed E-state index contributed by atoms with van der Waals surface area (Å²) in [6.07, 6.45) is 9.37. The van der Waals surface area contributed by atoms with Gasteiger partial charge in [-0.15, -0.1) is 0 Å². The Kier molecular flexibility index (Phi) is 9.02. The predicted molar refractivity (Wildman–Crippen MR) is 118 cm³/mol. The first-order valence-electron chi connectivity index (χ1n) is 11.2. The van der Waals surface area contributed by atoms with Crippen LogP contribution in [0.5, 0.6) is 5.75 Å². The zero-order valence-electron chi connectivity index (χ0n) is 17.8. The Hall–Kier alpha value is -1.11. The summed E-state index contributed by atoms with van der Waals surface area (Å²) in [5, 5.41) is 21.6. The Morgan fingerprint density at radius 3 is 2.67 bits per heavy atom. The van der Waals surface area contributed by atoms with Crippen LogP contribution < -0.4 is 4.74 Å². The molecule has 4 unspecified atom stereocenters. The zero-order chi connectivity index (χ0) is 21.4. The van der Waals surface area contributed by atoms with Crippen LogP contribution in [0.4, 0.5) is 0 Å². The molecule has 1 saturated heterocycles. The van der Waals surface area contributed by atoms with E-state index in [2.05, 4.69) is 19.1 Å². The zero-order valence-corrected chi connectivity index (χ0v) is 18.6. The van der Waals surface area contributed by atoms with Crippen molar-refractivity contribution in [3.05, 3.63) is 41.4 Å². The molecule has 1 heterocycles. The first-order valence-corrected chi connectivity index (χ1v) is 11.6. The Labute approximate surface area is 185 Å². The van der Waals surface area contributed by atoms with E-state index in [0.29, 0.717) is 43.2 Å². The number of benzene rings is 1. The normalized spacial score (nSPS) is 28.4. The lowest BCUT2D eigenvalue weighted by Gasteiger charge is -2.30. The number of allylic oxidation sites excluding steroid dienone is 2. The van der Waals surface area contributed by atoms with Crippen LogP contribution >= 0.6 is 11.6 Å². The first kappa shape index (κ1) is 23.6. The van der Waals surface area contributed by atoms with Gasteiger partial charge < -0.3 is 24.4 Å². The number of unbranched alkanes of at least 4 members (excludes halogenated alkanes) is 2. The van der Waals surface area contributed by atoms with Gasteiger partial charge in [0, 0.05) is 11.4 Å². The van der Waals surface area contributed by atoms with E-state index in [1.54, 1.807) is 12.1 Å². The van der Waals surface area contributed by atoms with E-state index >= 15 is 0 Å². The van der Waals surface area contributed by atoms with Crippen molar-refractivity contribution in [1.82, 2.24) is 0 Å². The second-order valence-corrected chi connectivity index (χ2v) is 8.88. The number of ether oxygens (including phenoxy) is 3. The van der Waals surface area contributed by atoms with Crippen molar-refractivity contribution in [2.45, 2.75) is 69.9 Å². The average Bonchev–Trinajstić information content (AvgIpc) is 3.29. The maximum Gasteiger partial charge on any atom is 0.203 e. The summed E-state index contributed by atoms with van der Waals surface area (Å²) in [5.41, 5.74) is 0. The standard InChI is InChI=1S/C24H35ClO5/c1-2-3-4-5-6-10-20-21(23(27)16-22(20)26)11-12-24(29-13-14-30-24)17-28-19-9-7-8-18(25)15-19/h5-9,15,20-23,26-27H,2-4,10-14,16-17H2,1H3/b6-5+. The smallest absolute Gasteiger partial charge is 0.203 e. The van der Waals surface area contributed by atoms with E-state index in [-0.39, 0.29) is 18.4 Å². The minimum atomic E-state index is -0.822. The molecule has 1 aliphatic carbocycles. The summed E-state index contributed by atoms with van der Waals surface area (Å²) in [6, 6.07) is 7.26. The molecule has 1 aliphatic heterocycles. The lowest BCUT2D eigenvalue weighted by Crippen LogP contribution is -2.38. The van der Waals surface area contributed by atoms with Gasteiger partial charge in [-0.2, -0.15) is 0 Å². The van der Waals surface area contributed by atoms with E-state index in [1.807, 2.05) is 12.1 Å². The van der Waals surface area contributed by atoms with Crippen molar-refractivity contribution < 1.29 is 24.4 Å². The van der Waals surface area contributed by atoms with Crippen molar-refractivity contribution in [2.24, 2.45) is 11.8 Å². The third-order valence-corrected chi connectivity index (χ3v) is 6.48. The van der Waals surface area contributed by atoms with Gasteiger partial charge in [-0.25, -0.2) is 0 Å². The van der Waals surface area contributed by atoms with Gasteiger partial charge in [0.2, 0.25) is 5.79 Å². The minimum absolute atomic E-state index is 0.0201. The lowest BCUT2D eigenvalue weighted by molar-refractivity contribution is -0.185. The molecule has 2 N–H and O–H groups in total. The molecule has 168 valence electrons. The molecule has 0 aromatic heterocycles. The van der Waals surface area contributed by atoms with Crippen LogP contribution in [0.25, 0.3) is 0 Å². The van der Waals surface area contributed by atoms with Crippen LogP contribution in [0.15, 0.2) is 36.4 Å². The van der Waals surface area contributed by atoms with Crippen LogP contribution in [0.2, 0.25) is 5.02 Å². The second-order valence-electron chi connectivity index (χ2n) is 8.44. The summed E-state index contributed by atoms with van der Waals surface area (Å²) >= 11 is 6.04. The van der Waals surface area contributed by atoms with Crippen molar-refractivity contribution in [3.63, 3.8) is 0 Å². The minimum Gasteiger partial charge on any atom is -0.488 e. The van der Waals surface area contributed by atoms with Gasteiger partial charge in [-0.05, 0) is 55.7 Å². The van der Waals surface area contributed by atoms with Gasteiger partial charge >= 0.3 is 0 Å². The number of rotatable bonds is 11. The number of aliphatic hydroxyl groups is 2. The highest BCUT2D eigenvalue weighted by molar-refractivity contribution is 6.30. The summed E-state index contributed by atoms with van der Waals surface area (Å²) < 4.78 is 17.8. The predicted octanol–water partition coefficient (Wildman–Crippen LogP) is 4.74. The Morgan fingerprint density at radius 1 is 1.17 bits per heavy atom. The van der Waals surface area contributed by atoms with Crippen LogP contribution in [0.3, 0.4) is 0 Å². The highest BCUT2D eigenvalue weighted by Gasteiger charge is 2.44. The van der Waals surface area contributed by atoms with Gasteiger partial charge in [-0.3, -0.25) is 0 Å². The molecule has 1 aromatic carbocycles. The molecule has 30 heavy (non-hydrogen) atoms. The average molecular weight is 439 g/mol. The Bertz CT molecular complexity index is 673.